The lowest BCUT2D eigenvalue weighted by molar-refractivity contribution is 0.543. The molecule has 106 valence electrons. The third-order valence-corrected chi connectivity index (χ3v) is 3.93. The summed E-state index contributed by atoms with van der Waals surface area (Å²) in [4.78, 5) is 0. The second kappa shape index (κ2) is 7.25. The standard InChI is InChI=1S/C19H25N/c1-4-17-10-7-8-12-19(17)14-20-16(3)13-18-11-6-5-9-15(18)2/h5-12,16,20H,4,13-14H2,1-3H3. The van der Waals surface area contributed by atoms with Gasteiger partial charge in [0.15, 0.2) is 0 Å². The van der Waals surface area contributed by atoms with Crippen molar-refractivity contribution in [3.8, 4) is 0 Å². The molecule has 2 aromatic carbocycles. The van der Waals surface area contributed by atoms with E-state index in [2.05, 4.69) is 74.6 Å². The van der Waals surface area contributed by atoms with Gasteiger partial charge >= 0.3 is 0 Å². The number of hydrogen-bond donors (Lipinski definition) is 1. The maximum Gasteiger partial charge on any atom is 0.0210 e. The maximum atomic E-state index is 3.65. The first-order valence-electron chi connectivity index (χ1n) is 7.55. The average molecular weight is 267 g/mol. The van der Waals surface area contributed by atoms with Crippen molar-refractivity contribution in [1.29, 1.82) is 0 Å². The predicted octanol–water partition coefficient (Wildman–Crippen LogP) is 4.28. The van der Waals surface area contributed by atoms with Crippen molar-refractivity contribution in [1.82, 2.24) is 5.32 Å². The monoisotopic (exact) mass is 267 g/mol. The molecule has 1 heteroatoms. The highest BCUT2D eigenvalue weighted by Gasteiger charge is 2.06. The van der Waals surface area contributed by atoms with E-state index in [9.17, 15) is 0 Å². The highest BCUT2D eigenvalue weighted by atomic mass is 14.9. The van der Waals surface area contributed by atoms with Crippen LogP contribution in [0.2, 0.25) is 0 Å². The molecule has 2 aromatic rings. The van der Waals surface area contributed by atoms with Gasteiger partial charge in [0.25, 0.3) is 0 Å². The quantitative estimate of drug-likeness (QED) is 0.824. The summed E-state index contributed by atoms with van der Waals surface area (Å²) in [5, 5.41) is 3.65. The van der Waals surface area contributed by atoms with E-state index in [1.165, 1.54) is 22.3 Å². The molecule has 0 aromatic heterocycles. The Kier molecular flexibility index (Phi) is 5.37. The topological polar surface area (TPSA) is 12.0 Å². The molecule has 0 bridgehead atoms. The summed E-state index contributed by atoms with van der Waals surface area (Å²) in [6.07, 6.45) is 2.19. The molecule has 0 spiro atoms. The Bertz CT molecular complexity index is 545. The molecule has 1 nitrogen and oxygen atoms in total. The van der Waals surface area contributed by atoms with Crippen LogP contribution in [0.1, 0.15) is 36.1 Å². The van der Waals surface area contributed by atoms with Gasteiger partial charge in [-0.2, -0.15) is 0 Å². The van der Waals surface area contributed by atoms with Gasteiger partial charge < -0.3 is 5.32 Å². The van der Waals surface area contributed by atoms with E-state index in [0.29, 0.717) is 6.04 Å². The van der Waals surface area contributed by atoms with Crippen LogP contribution >= 0.6 is 0 Å². The molecule has 2 rings (SSSR count). The van der Waals surface area contributed by atoms with Crippen LogP contribution in [0.15, 0.2) is 48.5 Å². The average Bonchev–Trinajstić information content (AvgIpc) is 2.48. The van der Waals surface area contributed by atoms with Gasteiger partial charge in [0.1, 0.15) is 0 Å². The van der Waals surface area contributed by atoms with Crippen molar-refractivity contribution in [2.24, 2.45) is 0 Å². The number of nitrogens with one attached hydrogen (secondary N) is 1. The second-order valence-corrected chi connectivity index (χ2v) is 5.53. The second-order valence-electron chi connectivity index (χ2n) is 5.53. The Labute approximate surface area is 123 Å². The first-order chi connectivity index (χ1) is 9.70. The first-order valence-corrected chi connectivity index (χ1v) is 7.55. The first kappa shape index (κ1) is 14.8. The Hall–Kier alpha value is -1.60. The summed E-state index contributed by atoms with van der Waals surface area (Å²) in [7, 11) is 0. The summed E-state index contributed by atoms with van der Waals surface area (Å²) in [6.45, 7) is 7.63. The molecule has 0 aliphatic rings. The summed E-state index contributed by atoms with van der Waals surface area (Å²) in [5.41, 5.74) is 5.70. The Morgan fingerprint density at radius 3 is 2.15 bits per heavy atom. The van der Waals surface area contributed by atoms with Gasteiger partial charge in [-0.3, -0.25) is 0 Å². The Balaban J connectivity index is 1.92. The summed E-state index contributed by atoms with van der Waals surface area (Å²) in [6, 6.07) is 17.8. The minimum atomic E-state index is 0.487. The Morgan fingerprint density at radius 2 is 1.50 bits per heavy atom. The van der Waals surface area contributed by atoms with Crippen LogP contribution in [0.25, 0.3) is 0 Å². The zero-order valence-electron chi connectivity index (χ0n) is 12.8. The Morgan fingerprint density at radius 1 is 0.900 bits per heavy atom. The third kappa shape index (κ3) is 3.94. The van der Waals surface area contributed by atoms with Gasteiger partial charge in [0.05, 0.1) is 0 Å². The lowest BCUT2D eigenvalue weighted by Crippen LogP contribution is -2.28. The highest BCUT2D eigenvalue weighted by Crippen LogP contribution is 2.12. The van der Waals surface area contributed by atoms with Gasteiger partial charge in [0, 0.05) is 12.6 Å². The van der Waals surface area contributed by atoms with Gasteiger partial charge in [0.2, 0.25) is 0 Å². The SMILES string of the molecule is CCc1ccccc1CNC(C)Cc1ccccc1C. The van der Waals surface area contributed by atoms with Crippen molar-refractivity contribution in [2.75, 3.05) is 0 Å². The number of rotatable bonds is 6. The molecular weight excluding hydrogens is 242 g/mol. The van der Waals surface area contributed by atoms with Gasteiger partial charge in [-0.1, -0.05) is 55.5 Å². The van der Waals surface area contributed by atoms with E-state index in [0.717, 1.165) is 19.4 Å². The van der Waals surface area contributed by atoms with Crippen molar-refractivity contribution >= 4 is 0 Å². The van der Waals surface area contributed by atoms with Crippen molar-refractivity contribution in [3.05, 3.63) is 70.8 Å². The fourth-order valence-electron chi connectivity index (χ4n) is 2.60. The van der Waals surface area contributed by atoms with Gasteiger partial charge in [-0.25, -0.2) is 0 Å². The van der Waals surface area contributed by atoms with E-state index in [1.807, 2.05) is 0 Å². The van der Waals surface area contributed by atoms with Crippen LogP contribution < -0.4 is 5.32 Å². The van der Waals surface area contributed by atoms with Crippen molar-refractivity contribution < 1.29 is 0 Å². The lowest BCUT2D eigenvalue weighted by Gasteiger charge is -2.16. The third-order valence-electron chi connectivity index (χ3n) is 3.93. The summed E-state index contributed by atoms with van der Waals surface area (Å²) >= 11 is 0. The molecule has 0 radical (unpaired) electrons. The zero-order valence-corrected chi connectivity index (χ0v) is 12.8. The van der Waals surface area contributed by atoms with Crippen LogP contribution in [0.3, 0.4) is 0 Å². The van der Waals surface area contributed by atoms with Gasteiger partial charge in [-0.05, 0) is 48.9 Å². The molecule has 0 saturated carbocycles. The molecule has 20 heavy (non-hydrogen) atoms. The number of benzene rings is 2. The smallest absolute Gasteiger partial charge is 0.0210 e. The largest absolute Gasteiger partial charge is 0.310 e. The molecule has 0 amide bonds. The number of aryl methyl sites for hydroxylation is 2. The van der Waals surface area contributed by atoms with Crippen molar-refractivity contribution in [2.45, 2.75) is 46.2 Å². The van der Waals surface area contributed by atoms with Crippen LogP contribution in [0.5, 0.6) is 0 Å². The molecule has 0 saturated heterocycles. The van der Waals surface area contributed by atoms with Crippen LogP contribution in [0.4, 0.5) is 0 Å². The predicted molar refractivity (Wildman–Crippen MR) is 87.0 cm³/mol. The fraction of sp³-hybridized carbons (Fsp3) is 0.368. The minimum Gasteiger partial charge on any atom is -0.310 e. The minimum absolute atomic E-state index is 0.487. The summed E-state index contributed by atoms with van der Waals surface area (Å²) < 4.78 is 0. The van der Waals surface area contributed by atoms with E-state index >= 15 is 0 Å². The van der Waals surface area contributed by atoms with Crippen LogP contribution in [-0.4, -0.2) is 6.04 Å². The van der Waals surface area contributed by atoms with Crippen molar-refractivity contribution in [3.63, 3.8) is 0 Å². The molecule has 0 heterocycles. The summed E-state index contributed by atoms with van der Waals surface area (Å²) in [5.74, 6) is 0. The van der Waals surface area contributed by atoms with Crippen LogP contribution in [0, 0.1) is 6.92 Å². The van der Waals surface area contributed by atoms with Crippen LogP contribution in [-0.2, 0) is 19.4 Å². The molecule has 0 aliphatic carbocycles. The molecule has 1 N–H and O–H groups in total. The van der Waals surface area contributed by atoms with E-state index in [-0.39, 0.29) is 0 Å². The normalized spacial score (nSPS) is 12.3. The van der Waals surface area contributed by atoms with E-state index < -0.39 is 0 Å². The molecule has 0 fully saturated rings. The maximum absolute atomic E-state index is 3.65. The van der Waals surface area contributed by atoms with E-state index in [4.69, 9.17) is 0 Å². The number of hydrogen-bond acceptors (Lipinski definition) is 1. The highest BCUT2D eigenvalue weighted by molar-refractivity contribution is 5.28. The fourth-order valence-corrected chi connectivity index (χ4v) is 2.60. The molecule has 0 aliphatic heterocycles. The lowest BCUT2D eigenvalue weighted by atomic mass is 10.0. The van der Waals surface area contributed by atoms with Gasteiger partial charge in [-0.15, -0.1) is 0 Å². The molecule has 1 unspecified atom stereocenters. The molecule has 1 atom stereocenters. The zero-order chi connectivity index (χ0) is 14.4. The molecular formula is C19H25N. The van der Waals surface area contributed by atoms with E-state index in [1.54, 1.807) is 0 Å².